The number of carbonyl (C=O) groups is 1. The molecule has 6 heteroatoms. The second-order valence-corrected chi connectivity index (χ2v) is 10.1. The summed E-state index contributed by atoms with van der Waals surface area (Å²) in [6, 6.07) is 35.6. The highest BCUT2D eigenvalue weighted by Crippen LogP contribution is 2.57. The number of rotatable bonds is 6. The van der Waals surface area contributed by atoms with Gasteiger partial charge in [0.25, 0.3) is 0 Å². The van der Waals surface area contributed by atoms with Gasteiger partial charge < -0.3 is 19.7 Å². The van der Waals surface area contributed by atoms with Crippen LogP contribution >= 0.6 is 0 Å². The van der Waals surface area contributed by atoms with Crippen molar-refractivity contribution in [2.24, 2.45) is 0 Å². The summed E-state index contributed by atoms with van der Waals surface area (Å²) in [4.78, 5) is 19.9. The Bertz CT molecular complexity index is 1720. The molecule has 0 fully saturated rings. The number of hydrogen-bond donors (Lipinski definition) is 1. The van der Waals surface area contributed by atoms with E-state index in [1.165, 1.54) is 0 Å². The van der Waals surface area contributed by atoms with Gasteiger partial charge in [-0.15, -0.1) is 0 Å². The summed E-state index contributed by atoms with van der Waals surface area (Å²) in [7, 11) is 2.06. The van der Waals surface area contributed by atoms with Gasteiger partial charge in [-0.3, -0.25) is 4.98 Å². The number of ether oxygens (including phenoxy) is 2. The standard InChI is InChI=1S/C34H27N3O3/c1-37(20-18-23-9-7-8-19-35-23)26-15-16-29-32(22-26)39-31-17-14-25(36-24-10-3-2-4-11-24)21-30(31)34(29)28-13-6-5-12-27(28)33(38)40-34/h2-17,19,21-22,36H,18,20H2,1H3. The Hall–Kier alpha value is -5.10. The molecule has 1 atom stereocenters. The van der Waals surface area contributed by atoms with Crippen molar-refractivity contribution in [3.8, 4) is 11.5 Å². The fourth-order valence-electron chi connectivity index (χ4n) is 5.62. The topological polar surface area (TPSA) is 63.7 Å². The van der Waals surface area contributed by atoms with Crippen LogP contribution in [0.1, 0.15) is 32.7 Å². The predicted molar refractivity (Wildman–Crippen MR) is 156 cm³/mol. The quantitative estimate of drug-likeness (QED) is 0.239. The molecule has 5 aromatic rings. The third-order valence-corrected chi connectivity index (χ3v) is 7.63. The molecule has 1 unspecified atom stereocenters. The number of benzene rings is 4. The van der Waals surface area contributed by atoms with Gasteiger partial charge in [0, 0.05) is 71.7 Å². The minimum absolute atomic E-state index is 0.340. The zero-order valence-electron chi connectivity index (χ0n) is 22.0. The Balaban J connectivity index is 1.31. The fraction of sp³-hybridized carbons (Fsp3) is 0.118. The van der Waals surface area contributed by atoms with Gasteiger partial charge >= 0.3 is 5.97 Å². The molecule has 40 heavy (non-hydrogen) atoms. The summed E-state index contributed by atoms with van der Waals surface area (Å²) >= 11 is 0. The summed E-state index contributed by atoms with van der Waals surface area (Å²) in [6.45, 7) is 0.796. The van der Waals surface area contributed by atoms with Crippen molar-refractivity contribution in [3.63, 3.8) is 0 Å². The first-order chi connectivity index (χ1) is 19.6. The molecule has 0 aliphatic carbocycles. The summed E-state index contributed by atoms with van der Waals surface area (Å²) in [5.74, 6) is 0.985. The van der Waals surface area contributed by atoms with Crippen molar-refractivity contribution < 1.29 is 14.3 Å². The van der Waals surface area contributed by atoms with Crippen molar-refractivity contribution in [2.75, 3.05) is 23.8 Å². The van der Waals surface area contributed by atoms with Crippen molar-refractivity contribution in [2.45, 2.75) is 12.0 Å². The fourth-order valence-corrected chi connectivity index (χ4v) is 5.62. The van der Waals surface area contributed by atoms with Gasteiger partial charge in [-0.2, -0.15) is 0 Å². The highest BCUT2D eigenvalue weighted by Gasteiger charge is 2.53. The number of nitrogens with zero attached hydrogens (tertiary/aromatic N) is 2. The van der Waals surface area contributed by atoms with E-state index in [1.54, 1.807) is 0 Å². The van der Waals surface area contributed by atoms with Gasteiger partial charge in [-0.05, 0) is 60.7 Å². The molecule has 6 nitrogen and oxygen atoms in total. The lowest BCUT2D eigenvalue weighted by molar-refractivity contribution is 0.0224. The Morgan fingerprint density at radius 2 is 1.60 bits per heavy atom. The molecule has 2 aliphatic heterocycles. The van der Waals surface area contributed by atoms with Crippen LogP contribution in [0, 0.1) is 0 Å². The first-order valence-corrected chi connectivity index (χ1v) is 13.3. The second-order valence-electron chi connectivity index (χ2n) is 10.1. The molecule has 1 N–H and O–H groups in total. The molecule has 3 heterocycles. The number of carbonyl (C=O) groups excluding carboxylic acids is 1. The largest absolute Gasteiger partial charge is 0.456 e. The van der Waals surface area contributed by atoms with E-state index in [-0.39, 0.29) is 5.97 Å². The van der Waals surface area contributed by atoms with Crippen LogP contribution in [-0.2, 0) is 16.8 Å². The maximum Gasteiger partial charge on any atom is 0.340 e. The molecule has 0 bridgehead atoms. The van der Waals surface area contributed by atoms with Crippen molar-refractivity contribution in [1.82, 2.24) is 4.98 Å². The van der Waals surface area contributed by atoms with E-state index < -0.39 is 5.60 Å². The molecule has 2 aliphatic rings. The van der Waals surface area contributed by atoms with Crippen LogP contribution in [-0.4, -0.2) is 24.5 Å². The first-order valence-electron chi connectivity index (χ1n) is 13.3. The molecule has 0 saturated carbocycles. The number of fused-ring (bicyclic) bond motifs is 6. The van der Waals surface area contributed by atoms with Gasteiger partial charge in [-0.1, -0.05) is 42.5 Å². The van der Waals surface area contributed by atoms with Crippen LogP contribution in [0.15, 0.2) is 115 Å². The van der Waals surface area contributed by atoms with Gasteiger partial charge in [0.1, 0.15) is 11.5 Å². The number of pyridine rings is 1. The van der Waals surface area contributed by atoms with E-state index in [9.17, 15) is 4.79 Å². The normalized spacial score (nSPS) is 16.4. The zero-order valence-corrected chi connectivity index (χ0v) is 22.0. The highest BCUT2D eigenvalue weighted by atomic mass is 16.6. The number of esters is 1. The lowest BCUT2D eigenvalue weighted by Gasteiger charge is -2.37. The zero-order chi connectivity index (χ0) is 27.1. The maximum absolute atomic E-state index is 13.2. The van der Waals surface area contributed by atoms with Gasteiger partial charge in [0.05, 0.1) is 5.56 Å². The van der Waals surface area contributed by atoms with Crippen LogP contribution in [0.5, 0.6) is 11.5 Å². The molecule has 1 aromatic heterocycles. The minimum atomic E-state index is -1.12. The first kappa shape index (κ1) is 24.0. The van der Waals surface area contributed by atoms with Crippen LogP contribution in [0.3, 0.4) is 0 Å². The molecule has 7 rings (SSSR count). The van der Waals surface area contributed by atoms with Crippen molar-refractivity contribution in [3.05, 3.63) is 143 Å². The maximum atomic E-state index is 13.2. The molecule has 1 spiro atoms. The number of para-hydroxylation sites is 1. The van der Waals surface area contributed by atoms with Crippen molar-refractivity contribution in [1.29, 1.82) is 0 Å². The summed E-state index contributed by atoms with van der Waals surface area (Å²) < 4.78 is 12.9. The Kier molecular flexibility index (Phi) is 5.74. The highest BCUT2D eigenvalue weighted by molar-refractivity contribution is 5.97. The van der Waals surface area contributed by atoms with Gasteiger partial charge in [0.15, 0.2) is 5.60 Å². The Morgan fingerprint density at radius 3 is 2.45 bits per heavy atom. The summed E-state index contributed by atoms with van der Waals surface area (Å²) in [5, 5.41) is 3.46. The van der Waals surface area contributed by atoms with Crippen molar-refractivity contribution >= 4 is 23.0 Å². The number of aromatic nitrogens is 1. The van der Waals surface area contributed by atoms with E-state index in [4.69, 9.17) is 9.47 Å². The van der Waals surface area contributed by atoms with E-state index in [2.05, 4.69) is 28.3 Å². The van der Waals surface area contributed by atoms with E-state index in [1.807, 2.05) is 109 Å². The Labute approximate surface area is 232 Å². The second kappa shape index (κ2) is 9.58. The van der Waals surface area contributed by atoms with Crippen LogP contribution in [0.25, 0.3) is 0 Å². The molecule has 0 saturated heterocycles. The molecule has 4 aromatic carbocycles. The monoisotopic (exact) mass is 525 g/mol. The Morgan fingerprint density at radius 1 is 0.775 bits per heavy atom. The SMILES string of the molecule is CN(CCc1ccccn1)c1ccc2c(c1)Oc1ccc(Nc3ccccc3)cc1C21OC(=O)c2ccccc21. The lowest BCUT2D eigenvalue weighted by atomic mass is 9.77. The summed E-state index contributed by atoms with van der Waals surface area (Å²) in [5.41, 5.74) is 5.76. The van der Waals surface area contributed by atoms with E-state index >= 15 is 0 Å². The third-order valence-electron chi connectivity index (χ3n) is 7.63. The molecule has 0 amide bonds. The number of anilines is 3. The number of nitrogens with one attached hydrogen (secondary N) is 1. The van der Waals surface area contributed by atoms with E-state index in [0.717, 1.165) is 52.4 Å². The molecular formula is C34H27N3O3. The molecule has 196 valence electrons. The third kappa shape index (κ3) is 3.96. The lowest BCUT2D eigenvalue weighted by Crippen LogP contribution is -2.33. The van der Waals surface area contributed by atoms with E-state index in [0.29, 0.717) is 17.1 Å². The van der Waals surface area contributed by atoms with Gasteiger partial charge in [0.2, 0.25) is 0 Å². The van der Waals surface area contributed by atoms with Crippen LogP contribution in [0.4, 0.5) is 17.1 Å². The molecular weight excluding hydrogens is 498 g/mol. The van der Waals surface area contributed by atoms with Gasteiger partial charge in [-0.25, -0.2) is 4.79 Å². The smallest absolute Gasteiger partial charge is 0.340 e. The summed E-state index contributed by atoms with van der Waals surface area (Å²) in [6.07, 6.45) is 2.64. The average molecular weight is 526 g/mol. The average Bonchev–Trinajstić information content (AvgIpc) is 3.30. The predicted octanol–water partition coefficient (Wildman–Crippen LogP) is 7.07. The minimum Gasteiger partial charge on any atom is -0.456 e. The van der Waals surface area contributed by atoms with Crippen LogP contribution in [0.2, 0.25) is 0 Å². The van der Waals surface area contributed by atoms with Crippen LogP contribution < -0.4 is 15.0 Å². The number of hydrogen-bond acceptors (Lipinski definition) is 6. The molecule has 0 radical (unpaired) electrons. The number of likely N-dealkylation sites (N-methyl/N-ethyl adjacent to an activating group) is 1.